The van der Waals surface area contributed by atoms with E-state index in [0.717, 1.165) is 39.3 Å². The predicted octanol–water partition coefficient (Wildman–Crippen LogP) is 5.48. The Morgan fingerprint density at radius 2 is 1.60 bits per heavy atom. The van der Waals surface area contributed by atoms with E-state index in [4.69, 9.17) is 9.72 Å². The van der Waals surface area contributed by atoms with Crippen LogP contribution in [0, 0.1) is 0 Å². The van der Waals surface area contributed by atoms with Gasteiger partial charge in [-0.3, -0.25) is 0 Å². The van der Waals surface area contributed by atoms with Gasteiger partial charge >= 0.3 is 0 Å². The van der Waals surface area contributed by atoms with Gasteiger partial charge in [-0.25, -0.2) is 4.98 Å². The van der Waals surface area contributed by atoms with E-state index in [1.165, 1.54) is 0 Å². The van der Waals surface area contributed by atoms with Crippen molar-refractivity contribution in [1.29, 1.82) is 0 Å². The Kier molecular flexibility index (Phi) is 4.69. The molecule has 2 N–H and O–H groups in total. The van der Waals surface area contributed by atoms with Crippen LogP contribution in [-0.2, 0) is 6.54 Å². The number of imidazole rings is 1. The summed E-state index contributed by atoms with van der Waals surface area (Å²) in [6.45, 7) is 1.21. The summed E-state index contributed by atoms with van der Waals surface area (Å²) < 4.78 is 8.21. The number of hydrogen-bond acceptors (Lipinski definition) is 3. The molecule has 3 aromatic carbocycles. The third kappa shape index (κ3) is 3.42. The average Bonchev–Trinajstić information content (AvgIpc) is 3.39. The van der Waals surface area contributed by atoms with Crippen LogP contribution in [0.25, 0.3) is 33.5 Å². The van der Waals surface area contributed by atoms with Crippen molar-refractivity contribution in [2.24, 2.45) is 0 Å². The summed E-state index contributed by atoms with van der Waals surface area (Å²) in [7, 11) is 0. The predicted molar refractivity (Wildman–Crippen MR) is 119 cm³/mol. The van der Waals surface area contributed by atoms with Gasteiger partial charge in [-0.2, -0.15) is 0 Å². The number of aromatic hydroxyl groups is 1. The molecule has 30 heavy (non-hydrogen) atoms. The summed E-state index contributed by atoms with van der Waals surface area (Å²) in [5, 5.41) is 9.83. The number of benzene rings is 3. The third-order valence-electron chi connectivity index (χ3n) is 5.16. The Balaban J connectivity index is 1.35. The van der Waals surface area contributed by atoms with Crippen molar-refractivity contribution in [2.45, 2.75) is 6.54 Å². The van der Waals surface area contributed by atoms with Crippen LogP contribution in [0.15, 0.2) is 91.1 Å². The molecule has 5 rings (SSSR count). The molecule has 0 saturated heterocycles. The number of rotatable bonds is 6. The second-order valence-corrected chi connectivity index (χ2v) is 7.05. The highest BCUT2D eigenvalue weighted by Gasteiger charge is 2.12. The zero-order valence-corrected chi connectivity index (χ0v) is 16.3. The van der Waals surface area contributed by atoms with Gasteiger partial charge in [-0.05, 0) is 35.9 Å². The Morgan fingerprint density at radius 1 is 0.833 bits per heavy atom. The van der Waals surface area contributed by atoms with Gasteiger partial charge in [0.25, 0.3) is 0 Å². The molecule has 5 heteroatoms. The number of fused-ring (bicyclic) bond motifs is 1. The van der Waals surface area contributed by atoms with Crippen LogP contribution in [0.3, 0.4) is 0 Å². The lowest BCUT2D eigenvalue weighted by Crippen LogP contribution is -2.09. The van der Waals surface area contributed by atoms with Crippen molar-refractivity contribution in [3.63, 3.8) is 0 Å². The van der Waals surface area contributed by atoms with Crippen molar-refractivity contribution >= 4 is 11.0 Å². The lowest BCUT2D eigenvalue weighted by molar-refractivity contribution is 0.301. The summed E-state index contributed by atoms with van der Waals surface area (Å²) in [4.78, 5) is 7.62. The van der Waals surface area contributed by atoms with Crippen LogP contribution in [0.5, 0.6) is 11.6 Å². The topological polar surface area (TPSA) is 63.1 Å². The maximum Gasteiger partial charge on any atom is 0.196 e. The van der Waals surface area contributed by atoms with Crippen molar-refractivity contribution in [2.75, 3.05) is 6.61 Å². The fraction of sp³-hybridized carbons (Fsp3) is 0.0800. The zero-order chi connectivity index (χ0) is 20.3. The van der Waals surface area contributed by atoms with Gasteiger partial charge in [0.2, 0.25) is 0 Å². The number of aromatic amines is 1. The van der Waals surface area contributed by atoms with E-state index < -0.39 is 0 Å². The minimum absolute atomic E-state index is 0.170. The molecule has 0 aliphatic heterocycles. The molecular formula is C25H21N3O2. The number of hydrogen-bond donors (Lipinski definition) is 2. The second-order valence-electron chi connectivity index (χ2n) is 7.05. The lowest BCUT2D eigenvalue weighted by Gasteiger charge is -2.11. The SMILES string of the molecule is Oc1[nH]ccc1-c1ccc(OCCn2c(-c3ccccc3)nc3ccccc32)cc1. The number of H-pyrrole nitrogens is 1. The Hall–Kier alpha value is -3.99. The molecule has 5 nitrogen and oxygen atoms in total. The van der Waals surface area contributed by atoms with E-state index in [1.807, 2.05) is 66.7 Å². The molecule has 0 aliphatic carbocycles. The minimum atomic E-state index is 0.170. The maximum absolute atomic E-state index is 9.83. The number of nitrogens with zero attached hydrogens (tertiary/aromatic N) is 2. The standard InChI is InChI=1S/C25H21N3O2/c29-25-21(14-15-26-25)18-10-12-20(13-11-18)30-17-16-28-23-9-5-4-8-22(23)27-24(28)19-6-2-1-3-7-19/h1-15,26,29H,16-17H2. The van der Waals surface area contributed by atoms with Crippen LogP contribution >= 0.6 is 0 Å². The van der Waals surface area contributed by atoms with E-state index in [0.29, 0.717) is 13.2 Å². The molecule has 0 aliphatic rings. The van der Waals surface area contributed by atoms with Crippen LogP contribution < -0.4 is 4.74 Å². The van der Waals surface area contributed by atoms with Crippen LogP contribution in [0.1, 0.15) is 0 Å². The summed E-state index contributed by atoms with van der Waals surface area (Å²) in [6, 6.07) is 28.0. The smallest absolute Gasteiger partial charge is 0.196 e. The Labute approximate surface area is 174 Å². The molecule has 0 bridgehead atoms. The van der Waals surface area contributed by atoms with Gasteiger partial charge in [0.15, 0.2) is 5.88 Å². The first-order valence-electron chi connectivity index (χ1n) is 9.90. The quantitative estimate of drug-likeness (QED) is 0.400. The highest BCUT2D eigenvalue weighted by atomic mass is 16.5. The van der Waals surface area contributed by atoms with E-state index >= 15 is 0 Å². The average molecular weight is 395 g/mol. The van der Waals surface area contributed by atoms with E-state index in [9.17, 15) is 5.11 Å². The zero-order valence-electron chi connectivity index (χ0n) is 16.3. The lowest BCUT2D eigenvalue weighted by atomic mass is 10.1. The van der Waals surface area contributed by atoms with Gasteiger partial charge in [-0.1, -0.05) is 54.6 Å². The minimum Gasteiger partial charge on any atom is -0.494 e. The third-order valence-corrected chi connectivity index (χ3v) is 5.16. The molecule has 0 amide bonds. The number of aromatic nitrogens is 3. The molecule has 0 unspecified atom stereocenters. The highest BCUT2D eigenvalue weighted by Crippen LogP contribution is 2.29. The normalized spacial score (nSPS) is 11.1. The number of nitrogens with one attached hydrogen (secondary N) is 1. The number of para-hydroxylation sites is 2. The van der Waals surface area contributed by atoms with Gasteiger partial charge in [0, 0.05) is 17.3 Å². The number of ether oxygens (including phenoxy) is 1. The van der Waals surface area contributed by atoms with Gasteiger partial charge in [-0.15, -0.1) is 0 Å². The molecule has 2 heterocycles. The summed E-state index contributed by atoms with van der Waals surface area (Å²) in [5.41, 5.74) is 4.88. The van der Waals surface area contributed by atoms with Crippen LogP contribution in [0.2, 0.25) is 0 Å². The van der Waals surface area contributed by atoms with E-state index in [-0.39, 0.29) is 5.88 Å². The first-order chi connectivity index (χ1) is 14.8. The fourth-order valence-corrected chi connectivity index (χ4v) is 3.69. The maximum atomic E-state index is 9.83. The fourth-order valence-electron chi connectivity index (χ4n) is 3.69. The molecule has 5 aromatic rings. The van der Waals surface area contributed by atoms with Crippen molar-refractivity contribution in [3.8, 4) is 34.1 Å². The Morgan fingerprint density at radius 3 is 2.37 bits per heavy atom. The first kappa shape index (κ1) is 18.1. The largest absolute Gasteiger partial charge is 0.494 e. The summed E-state index contributed by atoms with van der Waals surface area (Å²) in [6.07, 6.45) is 1.72. The first-order valence-corrected chi connectivity index (χ1v) is 9.90. The Bertz CT molecular complexity index is 1270. The van der Waals surface area contributed by atoms with Gasteiger partial charge in [0.05, 0.1) is 17.6 Å². The summed E-state index contributed by atoms with van der Waals surface area (Å²) in [5.74, 6) is 1.90. The molecule has 0 fully saturated rings. The molecule has 2 aromatic heterocycles. The van der Waals surface area contributed by atoms with Crippen molar-refractivity contribution in [3.05, 3.63) is 91.1 Å². The van der Waals surface area contributed by atoms with Gasteiger partial charge in [0.1, 0.15) is 18.2 Å². The van der Waals surface area contributed by atoms with E-state index in [1.54, 1.807) is 6.20 Å². The molecule has 0 saturated carbocycles. The van der Waals surface area contributed by atoms with Crippen LogP contribution in [-0.4, -0.2) is 26.2 Å². The highest BCUT2D eigenvalue weighted by molar-refractivity contribution is 5.80. The van der Waals surface area contributed by atoms with Gasteiger partial charge < -0.3 is 19.4 Å². The molecule has 148 valence electrons. The van der Waals surface area contributed by atoms with Crippen molar-refractivity contribution in [1.82, 2.24) is 14.5 Å². The monoisotopic (exact) mass is 395 g/mol. The van der Waals surface area contributed by atoms with Crippen molar-refractivity contribution < 1.29 is 9.84 Å². The second kappa shape index (κ2) is 7.79. The summed E-state index contributed by atoms with van der Waals surface area (Å²) >= 11 is 0. The molecule has 0 radical (unpaired) electrons. The molecule has 0 atom stereocenters. The van der Waals surface area contributed by atoms with E-state index in [2.05, 4.69) is 27.8 Å². The molecular weight excluding hydrogens is 374 g/mol. The molecule has 0 spiro atoms. The van der Waals surface area contributed by atoms with Crippen LogP contribution in [0.4, 0.5) is 0 Å².